The average Bonchev–Trinajstić information content (AvgIpc) is 2.30. The fraction of sp³-hybridized carbons (Fsp3) is 0.100. The molecule has 0 saturated heterocycles. The SMILES string of the molecule is O=C1Nc2cc(C(F)(F)F)c(Br)cc2C(=NO)C1=O. The lowest BCUT2D eigenvalue weighted by Crippen LogP contribution is -2.36. The van der Waals surface area contributed by atoms with Crippen molar-refractivity contribution in [1.29, 1.82) is 0 Å². The number of fused-ring (bicyclic) bond motifs is 1. The lowest BCUT2D eigenvalue weighted by atomic mass is 9.98. The zero-order chi connectivity index (χ0) is 14.4. The van der Waals surface area contributed by atoms with Crippen LogP contribution in [0.25, 0.3) is 0 Å². The Balaban J connectivity index is 2.69. The van der Waals surface area contributed by atoms with Gasteiger partial charge in [0.05, 0.1) is 11.3 Å². The van der Waals surface area contributed by atoms with Crippen LogP contribution in [-0.4, -0.2) is 22.6 Å². The number of halogens is 4. The molecule has 9 heteroatoms. The third-order valence-corrected chi connectivity index (χ3v) is 3.09. The number of ketones is 1. The first-order chi connectivity index (χ1) is 8.75. The van der Waals surface area contributed by atoms with Crippen LogP contribution in [0.5, 0.6) is 0 Å². The summed E-state index contributed by atoms with van der Waals surface area (Å²) in [5, 5.41) is 13.4. The third kappa shape index (κ3) is 2.21. The van der Waals surface area contributed by atoms with Crippen molar-refractivity contribution in [3.05, 3.63) is 27.7 Å². The summed E-state index contributed by atoms with van der Waals surface area (Å²) in [6.45, 7) is 0. The number of anilines is 1. The molecule has 2 N–H and O–H groups in total. The number of carbonyl (C=O) groups is 2. The molecule has 0 aromatic heterocycles. The van der Waals surface area contributed by atoms with Crippen LogP contribution in [0.15, 0.2) is 21.8 Å². The molecule has 1 amide bonds. The van der Waals surface area contributed by atoms with Crippen molar-refractivity contribution in [2.75, 3.05) is 5.32 Å². The van der Waals surface area contributed by atoms with Crippen LogP contribution in [0.2, 0.25) is 0 Å². The van der Waals surface area contributed by atoms with Crippen molar-refractivity contribution in [2.24, 2.45) is 5.16 Å². The van der Waals surface area contributed by atoms with Gasteiger partial charge in [0.15, 0.2) is 5.71 Å². The minimum absolute atomic E-state index is 0.0908. The maximum absolute atomic E-state index is 12.7. The van der Waals surface area contributed by atoms with Crippen molar-refractivity contribution in [3.63, 3.8) is 0 Å². The van der Waals surface area contributed by atoms with Crippen LogP contribution in [0.4, 0.5) is 18.9 Å². The molecular formula is C10H4BrF3N2O3. The number of oxime groups is 1. The highest BCUT2D eigenvalue weighted by molar-refractivity contribution is 9.10. The molecule has 0 spiro atoms. The molecule has 1 aromatic rings. The summed E-state index contributed by atoms with van der Waals surface area (Å²) in [6.07, 6.45) is -4.63. The van der Waals surface area contributed by atoms with E-state index in [9.17, 15) is 22.8 Å². The second-order valence-corrected chi connectivity index (χ2v) is 4.46. The summed E-state index contributed by atoms with van der Waals surface area (Å²) in [5.41, 5.74) is -1.95. The Kier molecular flexibility index (Phi) is 3.09. The summed E-state index contributed by atoms with van der Waals surface area (Å²) < 4.78 is 37.7. The third-order valence-electron chi connectivity index (χ3n) is 2.44. The monoisotopic (exact) mass is 336 g/mol. The smallest absolute Gasteiger partial charge is 0.410 e. The molecule has 0 bridgehead atoms. The standard InChI is InChI=1S/C10H4BrF3N2O3/c11-5-1-3-6(2-4(5)10(12,13)14)15-9(18)8(17)7(3)16-19/h1-2,19H,(H,15,18). The quantitative estimate of drug-likeness (QED) is 0.433. The number of Topliss-reactive ketones (excluding diaryl/α,β-unsaturated/α-hetero) is 1. The summed E-state index contributed by atoms with van der Waals surface area (Å²) in [7, 11) is 0. The fourth-order valence-electron chi connectivity index (χ4n) is 1.60. The molecule has 0 radical (unpaired) electrons. The molecular weight excluding hydrogens is 333 g/mol. The number of hydrogen-bond acceptors (Lipinski definition) is 4. The Labute approximate surface area is 112 Å². The summed E-state index contributed by atoms with van der Waals surface area (Å²) in [4.78, 5) is 22.6. The molecule has 0 atom stereocenters. The molecule has 1 aliphatic rings. The molecule has 2 rings (SSSR count). The van der Waals surface area contributed by atoms with E-state index in [1.54, 1.807) is 0 Å². The van der Waals surface area contributed by atoms with Gasteiger partial charge in [-0.1, -0.05) is 21.1 Å². The topological polar surface area (TPSA) is 78.8 Å². The van der Waals surface area contributed by atoms with Gasteiger partial charge < -0.3 is 10.5 Å². The van der Waals surface area contributed by atoms with Gasteiger partial charge in [-0.25, -0.2) is 0 Å². The lowest BCUT2D eigenvalue weighted by molar-refractivity contribution is -0.138. The molecule has 1 aromatic carbocycles. The largest absolute Gasteiger partial charge is 0.417 e. The van der Waals surface area contributed by atoms with Crippen LogP contribution in [0, 0.1) is 0 Å². The predicted octanol–water partition coefficient (Wildman–Crippen LogP) is 2.17. The van der Waals surface area contributed by atoms with Gasteiger partial charge in [-0.05, 0) is 12.1 Å². The van der Waals surface area contributed by atoms with Gasteiger partial charge in [-0.15, -0.1) is 0 Å². The average molecular weight is 337 g/mol. The first kappa shape index (κ1) is 13.5. The predicted molar refractivity (Wildman–Crippen MR) is 61.1 cm³/mol. The normalized spacial score (nSPS) is 17.4. The number of carbonyl (C=O) groups excluding carboxylic acids is 2. The Hall–Kier alpha value is -1.90. The van der Waals surface area contributed by atoms with E-state index >= 15 is 0 Å². The van der Waals surface area contributed by atoms with Gasteiger partial charge >= 0.3 is 6.18 Å². The number of alkyl halides is 3. The molecule has 1 aliphatic heterocycles. The molecule has 0 aliphatic carbocycles. The number of nitrogens with zero attached hydrogens (tertiary/aromatic N) is 1. The molecule has 0 unspecified atom stereocenters. The number of nitrogens with one attached hydrogen (secondary N) is 1. The second-order valence-electron chi connectivity index (χ2n) is 3.61. The van der Waals surface area contributed by atoms with Gasteiger partial charge in [0.2, 0.25) is 0 Å². The van der Waals surface area contributed by atoms with Crippen molar-refractivity contribution in [1.82, 2.24) is 0 Å². The number of rotatable bonds is 0. The highest BCUT2D eigenvalue weighted by Crippen LogP contribution is 2.38. The summed E-state index contributed by atoms with van der Waals surface area (Å²) in [5.74, 6) is -2.28. The van der Waals surface area contributed by atoms with Crippen LogP contribution in [-0.2, 0) is 15.8 Å². The van der Waals surface area contributed by atoms with E-state index in [4.69, 9.17) is 5.21 Å². The van der Waals surface area contributed by atoms with Crippen LogP contribution < -0.4 is 5.32 Å². The van der Waals surface area contributed by atoms with Gasteiger partial charge in [0.25, 0.3) is 11.7 Å². The molecule has 19 heavy (non-hydrogen) atoms. The Bertz CT molecular complexity index is 625. The second kappa shape index (κ2) is 4.34. The number of amides is 1. The summed E-state index contributed by atoms with van der Waals surface area (Å²) in [6, 6.07) is 1.62. The van der Waals surface area contributed by atoms with Crippen LogP contribution in [0.3, 0.4) is 0 Å². The van der Waals surface area contributed by atoms with E-state index < -0.39 is 29.1 Å². The van der Waals surface area contributed by atoms with Crippen LogP contribution in [0.1, 0.15) is 11.1 Å². The van der Waals surface area contributed by atoms with Gasteiger partial charge in [0.1, 0.15) is 0 Å². The zero-order valence-electron chi connectivity index (χ0n) is 8.88. The molecule has 0 saturated carbocycles. The zero-order valence-corrected chi connectivity index (χ0v) is 10.5. The van der Waals surface area contributed by atoms with Crippen LogP contribution >= 0.6 is 15.9 Å². The van der Waals surface area contributed by atoms with Crippen molar-refractivity contribution in [2.45, 2.75) is 6.18 Å². The molecule has 0 fully saturated rings. The van der Waals surface area contributed by atoms with Crippen molar-refractivity contribution < 1.29 is 28.0 Å². The van der Waals surface area contributed by atoms with E-state index in [0.29, 0.717) is 6.07 Å². The molecule has 1 heterocycles. The highest BCUT2D eigenvalue weighted by atomic mass is 79.9. The fourth-order valence-corrected chi connectivity index (χ4v) is 2.17. The van der Waals surface area contributed by atoms with Crippen molar-refractivity contribution in [3.8, 4) is 0 Å². The van der Waals surface area contributed by atoms with E-state index in [2.05, 4.69) is 21.1 Å². The van der Waals surface area contributed by atoms with Gasteiger partial charge in [0, 0.05) is 10.0 Å². The minimum Gasteiger partial charge on any atom is -0.410 e. The maximum Gasteiger partial charge on any atom is 0.417 e. The van der Waals surface area contributed by atoms with Gasteiger partial charge in [-0.3, -0.25) is 9.59 Å². The Morgan fingerprint density at radius 1 is 1.26 bits per heavy atom. The molecule has 100 valence electrons. The first-order valence-electron chi connectivity index (χ1n) is 4.74. The maximum atomic E-state index is 12.7. The summed E-state index contributed by atoms with van der Waals surface area (Å²) >= 11 is 2.72. The van der Waals surface area contributed by atoms with Crippen molar-refractivity contribution >= 4 is 39.0 Å². The Morgan fingerprint density at radius 2 is 1.89 bits per heavy atom. The van der Waals surface area contributed by atoms with E-state index in [1.165, 1.54) is 0 Å². The van der Waals surface area contributed by atoms with E-state index in [1.807, 2.05) is 5.32 Å². The van der Waals surface area contributed by atoms with E-state index in [0.717, 1.165) is 6.07 Å². The minimum atomic E-state index is -4.63. The van der Waals surface area contributed by atoms with E-state index in [-0.39, 0.29) is 15.7 Å². The lowest BCUT2D eigenvalue weighted by Gasteiger charge is -2.19. The first-order valence-corrected chi connectivity index (χ1v) is 5.54. The van der Waals surface area contributed by atoms with Gasteiger partial charge in [-0.2, -0.15) is 13.2 Å². The number of hydrogen-bond donors (Lipinski definition) is 2. The molecule has 5 nitrogen and oxygen atoms in total. The highest BCUT2D eigenvalue weighted by Gasteiger charge is 2.37. The Morgan fingerprint density at radius 3 is 2.42 bits per heavy atom. The number of benzene rings is 1.